The Labute approximate surface area is 169 Å². The second-order valence-corrected chi connectivity index (χ2v) is 12.2. The summed E-state index contributed by atoms with van der Waals surface area (Å²) in [5, 5.41) is 0.556. The molecule has 0 N–H and O–H groups in total. The zero-order chi connectivity index (χ0) is 20.1. The molecule has 2 aromatic carbocycles. The zero-order valence-corrected chi connectivity index (χ0v) is 17.9. The van der Waals surface area contributed by atoms with Gasteiger partial charge in [-0.15, -0.1) is 0 Å². The molecule has 0 radical (unpaired) electrons. The first-order valence-electron chi connectivity index (χ1n) is 9.57. The van der Waals surface area contributed by atoms with Crippen molar-refractivity contribution >= 4 is 16.0 Å². The van der Waals surface area contributed by atoms with Gasteiger partial charge in [0.2, 0.25) is 0 Å². The highest BCUT2D eigenvalue weighted by Gasteiger charge is 2.28. The third kappa shape index (κ3) is 5.11. The molecule has 4 heteroatoms. The second-order valence-electron chi connectivity index (χ2n) is 7.74. The van der Waals surface area contributed by atoms with Crippen LogP contribution in [0.4, 0.5) is 0 Å². The maximum Gasteiger partial charge on any atom is 0.310 e. The molecular formula is C24H28O3S. The SMILES string of the molecule is CCOC(=O)Cc1ccc(C#Cc2ccc3c(c2)C(S(C)(C)C)CCO3)cc1. The molecule has 0 fully saturated rings. The molecule has 0 bridgehead atoms. The van der Waals surface area contributed by atoms with E-state index in [1.807, 2.05) is 37.3 Å². The van der Waals surface area contributed by atoms with Crippen LogP contribution in [0.1, 0.15) is 40.8 Å². The fourth-order valence-electron chi connectivity index (χ4n) is 3.40. The average molecular weight is 397 g/mol. The summed E-state index contributed by atoms with van der Waals surface area (Å²) in [6.07, 6.45) is 8.46. The number of ether oxygens (including phenoxy) is 2. The lowest BCUT2D eigenvalue weighted by Crippen LogP contribution is -2.18. The Morgan fingerprint density at radius 3 is 2.46 bits per heavy atom. The standard InChI is InChI=1S/C24H28O3S/c1-5-26-24(25)17-20-10-7-18(8-11-20)6-9-19-12-13-22-21(16-19)23(14-15-27-22)28(2,3)4/h7-8,10-13,16,23H,5,14-15,17H2,1-4H3. The summed E-state index contributed by atoms with van der Waals surface area (Å²) < 4.78 is 10.8. The van der Waals surface area contributed by atoms with E-state index in [-0.39, 0.29) is 5.97 Å². The average Bonchev–Trinajstić information content (AvgIpc) is 2.66. The maximum absolute atomic E-state index is 11.6. The van der Waals surface area contributed by atoms with Crippen molar-refractivity contribution < 1.29 is 14.3 Å². The van der Waals surface area contributed by atoms with Crippen LogP contribution in [0.5, 0.6) is 5.75 Å². The van der Waals surface area contributed by atoms with Gasteiger partial charge in [0, 0.05) is 21.9 Å². The van der Waals surface area contributed by atoms with E-state index in [1.54, 1.807) is 0 Å². The van der Waals surface area contributed by atoms with Crippen LogP contribution < -0.4 is 4.74 Å². The molecule has 0 amide bonds. The minimum absolute atomic E-state index is 0.201. The third-order valence-electron chi connectivity index (χ3n) is 4.81. The molecule has 1 aliphatic rings. The van der Waals surface area contributed by atoms with Crippen molar-refractivity contribution in [2.45, 2.75) is 25.0 Å². The van der Waals surface area contributed by atoms with E-state index in [1.165, 1.54) is 5.56 Å². The molecule has 1 atom stereocenters. The predicted molar refractivity (Wildman–Crippen MR) is 117 cm³/mol. The second kappa shape index (κ2) is 8.75. The van der Waals surface area contributed by atoms with Crippen LogP contribution in [0.25, 0.3) is 0 Å². The van der Waals surface area contributed by atoms with Crippen LogP contribution in [0, 0.1) is 11.8 Å². The normalized spacial score (nSPS) is 16.2. The van der Waals surface area contributed by atoms with Gasteiger partial charge in [0.15, 0.2) is 0 Å². The van der Waals surface area contributed by atoms with E-state index in [9.17, 15) is 4.79 Å². The summed E-state index contributed by atoms with van der Waals surface area (Å²) in [4.78, 5) is 11.6. The highest BCUT2D eigenvalue weighted by Crippen LogP contribution is 2.56. The monoisotopic (exact) mass is 396 g/mol. The number of hydrogen-bond donors (Lipinski definition) is 0. The maximum atomic E-state index is 11.6. The van der Waals surface area contributed by atoms with E-state index in [0.29, 0.717) is 18.3 Å². The molecule has 0 saturated carbocycles. The molecule has 3 rings (SSSR count). The van der Waals surface area contributed by atoms with Gasteiger partial charge in [-0.2, -0.15) is 0 Å². The fraction of sp³-hybridized carbons (Fsp3) is 0.375. The molecule has 1 heterocycles. The highest BCUT2D eigenvalue weighted by molar-refractivity contribution is 8.32. The van der Waals surface area contributed by atoms with E-state index >= 15 is 0 Å². The molecule has 148 valence electrons. The Morgan fingerprint density at radius 1 is 1.11 bits per heavy atom. The van der Waals surface area contributed by atoms with E-state index in [0.717, 1.165) is 35.5 Å². The van der Waals surface area contributed by atoms with Crippen LogP contribution in [0.2, 0.25) is 0 Å². The van der Waals surface area contributed by atoms with Gasteiger partial charge in [0.25, 0.3) is 0 Å². The summed E-state index contributed by atoms with van der Waals surface area (Å²) in [5.74, 6) is 7.31. The predicted octanol–water partition coefficient (Wildman–Crippen LogP) is 4.71. The Hall–Kier alpha value is -2.38. The first-order chi connectivity index (χ1) is 13.4. The van der Waals surface area contributed by atoms with Crippen LogP contribution in [-0.2, 0) is 16.0 Å². The van der Waals surface area contributed by atoms with E-state index in [4.69, 9.17) is 9.47 Å². The quantitative estimate of drug-likeness (QED) is 0.555. The van der Waals surface area contributed by atoms with Gasteiger partial charge < -0.3 is 9.47 Å². The Kier molecular flexibility index (Phi) is 6.36. The molecule has 0 saturated heterocycles. The van der Waals surface area contributed by atoms with Crippen LogP contribution in [-0.4, -0.2) is 38.0 Å². The summed E-state index contributed by atoms with van der Waals surface area (Å²) >= 11 is 0. The van der Waals surface area contributed by atoms with Gasteiger partial charge in [-0.25, -0.2) is 10.0 Å². The number of esters is 1. The molecule has 1 unspecified atom stereocenters. The number of carbonyl (C=O) groups is 1. The van der Waals surface area contributed by atoms with E-state index in [2.05, 4.69) is 42.7 Å². The lowest BCUT2D eigenvalue weighted by atomic mass is 10.0. The van der Waals surface area contributed by atoms with Crippen molar-refractivity contribution in [2.75, 3.05) is 32.0 Å². The largest absolute Gasteiger partial charge is 0.493 e. The van der Waals surface area contributed by atoms with Crippen molar-refractivity contribution in [3.63, 3.8) is 0 Å². The van der Waals surface area contributed by atoms with Crippen molar-refractivity contribution in [1.82, 2.24) is 0 Å². The first-order valence-corrected chi connectivity index (χ1v) is 12.5. The van der Waals surface area contributed by atoms with E-state index < -0.39 is 10.0 Å². The Morgan fingerprint density at radius 2 is 1.79 bits per heavy atom. The number of rotatable bonds is 4. The van der Waals surface area contributed by atoms with Gasteiger partial charge in [-0.05, 0) is 68.0 Å². The van der Waals surface area contributed by atoms with Gasteiger partial charge in [-0.3, -0.25) is 4.79 Å². The number of fused-ring (bicyclic) bond motifs is 1. The van der Waals surface area contributed by atoms with Crippen molar-refractivity contribution in [2.24, 2.45) is 0 Å². The highest BCUT2D eigenvalue weighted by atomic mass is 32.3. The molecule has 28 heavy (non-hydrogen) atoms. The van der Waals surface area contributed by atoms with Crippen molar-refractivity contribution in [3.05, 3.63) is 64.7 Å². The smallest absolute Gasteiger partial charge is 0.310 e. The lowest BCUT2D eigenvalue weighted by molar-refractivity contribution is -0.142. The fourth-order valence-corrected chi connectivity index (χ4v) is 5.15. The summed E-state index contributed by atoms with van der Waals surface area (Å²) in [6, 6.07) is 14.0. The number of benzene rings is 2. The van der Waals surface area contributed by atoms with Crippen LogP contribution in [0.15, 0.2) is 42.5 Å². The minimum atomic E-state index is -0.708. The summed E-state index contributed by atoms with van der Waals surface area (Å²) in [6.45, 7) is 3.02. The molecule has 0 spiro atoms. The van der Waals surface area contributed by atoms with Crippen LogP contribution >= 0.6 is 10.0 Å². The first kappa shape index (κ1) is 20.4. The van der Waals surface area contributed by atoms with Gasteiger partial charge in [-0.1, -0.05) is 24.0 Å². The minimum Gasteiger partial charge on any atom is -0.493 e. The third-order valence-corrected chi connectivity index (χ3v) is 7.00. The number of carbonyl (C=O) groups excluding carboxylic acids is 1. The van der Waals surface area contributed by atoms with Crippen LogP contribution in [0.3, 0.4) is 0 Å². The number of hydrogen-bond acceptors (Lipinski definition) is 3. The molecule has 0 aliphatic carbocycles. The lowest BCUT2D eigenvalue weighted by Gasteiger charge is -2.39. The van der Waals surface area contributed by atoms with Gasteiger partial charge >= 0.3 is 5.97 Å². The molecule has 3 nitrogen and oxygen atoms in total. The van der Waals surface area contributed by atoms with Gasteiger partial charge in [0.1, 0.15) is 5.75 Å². The summed E-state index contributed by atoms with van der Waals surface area (Å²) in [7, 11) is -0.708. The van der Waals surface area contributed by atoms with Crippen molar-refractivity contribution in [1.29, 1.82) is 0 Å². The Balaban J connectivity index is 1.77. The summed E-state index contributed by atoms with van der Waals surface area (Å²) in [5.41, 5.74) is 4.17. The molecular weight excluding hydrogens is 368 g/mol. The molecule has 1 aliphatic heterocycles. The van der Waals surface area contributed by atoms with Crippen molar-refractivity contribution in [3.8, 4) is 17.6 Å². The molecule has 0 aromatic heterocycles. The van der Waals surface area contributed by atoms with Gasteiger partial charge in [0.05, 0.1) is 19.6 Å². The zero-order valence-electron chi connectivity index (χ0n) is 17.1. The topological polar surface area (TPSA) is 35.5 Å². The Bertz CT molecular complexity index is 898. The molecule has 2 aromatic rings.